The smallest absolute Gasteiger partial charge is 0.270 e. The molecule has 128 valence electrons. The maximum Gasteiger partial charge on any atom is 0.270 e. The van der Waals surface area contributed by atoms with Crippen LogP contribution in [0.5, 0.6) is 0 Å². The first-order valence-corrected chi connectivity index (χ1v) is 8.56. The van der Waals surface area contributed by atoms with Crippen molar-refractivity contribution in [1.82, 2.24) is 14.7 Å². The summed E-state index contributed by atoms with van der Waals surface area (Å²) >= 11 is 0. The summed E-state index contributed by atoms with van der Waals surface area (Å²) in [6, 6.07) is 4.89. The van der Waals surface area contributed by atoms with Crippen LogP contribution in [0.1, 0.15) is 11.4 Å². The van der Waals surface area contributed by atoms with Gasteiger partial charge in [0.1, 0.15) is 5.82 Å². The molecule has 1 heterocycles. The molecule has 0 spiro atoms. The van der Waals surface area contributed by atoms with Crippen LogP contribution in [0, 0.1) is 24.0 Å². The Balaban J connectivity index is 1.97. The number of hydrogen-bond donors (Lipinski definition) is 2. The summed E-state index contributed by atoms with van der Waals surface area (Å²) in [5.74, 6) is 0.588. The van der Waals surface area contributed by atoms with Gasteiger partial charge >= 0.3 is 0 Å². The van der Waals surface area contributed by atoms with Gasteiger partial charge in [-0.1, -0.05) is 6.07 Å². The van der Waals surface area contributed by atoms with Crippen molar-refractivity contribution in [3.63, 3.8) is 0 Å². The van der Waals surface area contributed by atoms with Crippen LogP contribution in [0.3, 0.4) is 0 Å². The Morgan fingerprint density at radius 1 is 1.25 bits per heavy atom. The Morgan fingerprint density at radius 2 is 2.00 bits per heavy atom. The van der Waals surface area contributed by atoms with E-state index in [-0.39, 0.29) is 17.1 Å². The second kappa shape index (κ2) is 7.32. The molecule has 0 saturated carbocycles. The summed E-state index contributed by atoms with van der Waals surface area (Å²) in [6.07, 6.45) is 1.64. The molecule has 0 aliphatic heterocycles. The molecule has 10 heteroatoms. The van der Waals surface area contributed by atoms with Crippen molar-refractivity contribution in [2.24, 2.45) is 0 Å². The summed E-state index contributed by atoms with van der Waals surface area (Å²) < 4.78 is 26.7. The van der Waals surface area contributed by atoms with Gasteiger partial charge in [-0.05, 0) is 19.9 Å². The van der Waals surface area contributed by atoms with Crippen molar-refractivity contribution in [1.29, 1.82) is 0 Å². The van der Waals surface area contributed by atoms with Crippen LogP contribution in [-0.4, -0.2) is 36.4 Å². The predicted octanol–water partition coefficient (Wildman–Crippen LogP) is 1.39. The zero-order valence-electron chi connectivity index (χ0n) is 13.2. The number of non-ortho nitro benzene ring substituents is 1. The van der Waals surface area contributed by atoms with Gasteiger partial charge in [0, 0.05) is 31.4 Å². The Labute approximate surface area is 139 Å². The molecule has 0 amide bonds. The fourth-order valence-electron chi connectivity index (χ4n) is 1.92. The molecule has 2 N–H and O–H groups in total. The lowest BCUT2D eigenvalue weighted by Crippen LogP contribution is -2.29. The number of sulfonamides is 1. The molecular formula is C14H17N5O4S. The standard InChI is InChI=1S/C14H17N5O4S/c1-10-9-16-11(2)14(18-10)15-6-7-17-24(22,23)13-5-3-4-12(8-13)19(20)21/h3-5,8-9,17H,6-7H2,1-2H3,(H,15,18). The van der Waals surface area contributed by atoms with Crippen LogP contribution in [0.15, 0.2) is 35.4 Å². The number of nitrogens with zero attached hydrogens (tertiary/aromatic N) is 3. The lowest BCUT2D eigenvalue weighted by atomic mass is 10.3. The van der Waals surface area contributed by atoms with Crippen molar-refractivity contribution in [2.75, 3.05) is 18.4 Å². The van der Waals surface area contributed by atoms with Crippen LogP contribution < -0.4 is 10.0 Å². The van der Waals surface area contributed by atoms with Gasteiger partial charge in [0.25, 0.3) is 5.69 Å². The lowest BCUT2D eigenvalue weighted by molar-refractivity contribution is -0.385. The first-order valence-electron chi connectivity index (χ1n) is 7.08. The van der Waals surface area contributed by atoms with E-state index < -0.39 is 14.9 Å². The Morgan fingerprint density at radius 3 is 2.71 bits per heavy atom. The summed E-state index contributed by atoms with van der Waals surface area (Å²) in [7, 11) is -3.82. The summed E-state index contributed by atoms with van der Waals surface area (Å²) in [5, 5.41) is 13.7. The highest BCUT2D eigenvalue weighted by molar-refractivity contribution is 7.89. The minimum atomic E-state index is -3.82. The van der Waals surface area contributed by atoms with Crippen molar-refractivity contribution in [3.8, 4) is 0 Å². The van der Waals surface area contributed by atoms with Crippen LogP contribution >= 0.6 is 0 Å². The van der Waals surface area contributed by atoms with Crippen molar-refractivity contribution < 1.29 is 13.3 Å². The molecule has 0 aliphatic rings. The molecule has 0 bridgehead atoms. The van der Waals surface area contributed by atoms with E-state index in [1.54, 1.807) is 13.1 Å². The molecule has 0 unspecified atom stereocenters. The highest BCUT2D eigenvalue weighted by Crippen LogP contribution is 2.17. The van der Waals surface area contributed by atoms with Gasteiger partial charge in [0.2, 0.25) is 10.0 Å². The number of nitro benzene ring substituents is 1. The number of benzene rings is 1. The van der Waals surface area contributed by atoms with E-state index in [0.29, 0.717) is 18.1 Å². The quantitative estimate of drug-likeness (QED) is 0.438. The summed E-state index contributed by atoms with van der Waals surface area (Å²) in [6.45, 7) is 4.00. The van der Waals surface area contributed by atoms with Crippen LogP contribution in [0.2, 0.25) is 0 Å². The van der Waals surface area contributed by atoms with Crippen LogP contribution in [0.25, 0.3) is 0 Å². The molecule has 0 radical (unpaired) electrons. The van der Waals surface area contributed by atoms with Gasteiger partial charge in [0.05, 0.1) is 21.2 Å². The van der Waals surface area contributed by atoms with Gasteiger partial charge in [0.15, 0.2) is 0 Å². The Hall–Kier alpha value is -2.59. The van der Waals surface area contributed by atoms with E-state index in [9.17, 15) is 18.5 Å². The normalized spacial score (nSPS) is 11.2. The number of nitrogens with one attached hydrogen (secondary N) is 2. The van der Waals surface area contributed by atoms with Crippen molar-refractivity contribution >= 4 is 21.5 Å². The van der Waals surface area contributed by atoms with Crippen molar-refractivity contribution in [2.45, 2.75) is 18.7 Å². The maximum atomic E-state index is 12.1. The molecule has 0 fully saturated rings. The van der Waals surface area contributed by atoms with E-state index in [0.717, 1.165) is 11.8 Å². The molecule has 9 nitrogen and oxygen atoms in total. The molecule has 0 saturated heterocycles. The van der Waals surface area contributed by atoms with Gasteiger partial charge in [-0.3, -0.25) is 15.1 Å². The third-order valence-corrected chi connectivity index (χ3v) is 4.58. The van der Waals surface area contributed by atoms with E-state index in [4.69, 9.17) is 0 Å². The van der Waals surface area contributed by atoms with Crippen molar-refractivity contribution in [3.05, 3.63) is 52.0 Å². The highest BCUT2D eigenvalue weighted by Gasteiger charge is 2.17. The monoisotopic (exact) mass is 351 g/mol. The van der Waals surface area contributed by atoms with Gasteiger partial charge in [-0.2, -0.15) is 0 Å². The summed E-state index contributed by atoms with van der Waals surface area (Å²) in [5.41, 5.74) is 1.18. The average Bonchev–Trinajstić information content (AvgIpc) is 2.54. The lowest BCUT2D eigenvalue weighted by Gasteiger charge is -2.10. The second-order valence-corrected chi connectivity index (χ2v) is 6.79. The first-order chi connectivity index (χ1) is 11.3. The number of aromatic nitrogens is 2. The summed E-state index contributed by atoms with van der Waals surface area (Å²) in [4.78, 5) is 18.4. The first kappa shape index (κ1) is 17.8. The molecule has 1 aromatic carbocycles. The highest BCUT2D eigenvalue weighted by atomic mass is 32.2. The average molecular weight is 351 g/mol. The van der Waals surface area contributed by atoms with Gasteiger partial charge in [-0.15, -0.1) is 0 Å². The number of aryl methyl sites for hydroxylation is 2. The fourth-order valence-corrected chi connectivity index (χ4v) is 2.99. The number of anilines is 1. The molecular weight excluding hydrogens is 334 g/mol. The maximum absolute atomic E-state index is 12.1. The van der Waals surface area contributed by atoms with Crippen LogP contribution in [-0.2, 0) is 10.0 Å². The molecule has 2 aromatic rings. The van der Waals surface area contributed by atoms with E-state index in [1.165, 1.54) is 18.2 Å². The topological polar surface area (TPSA) is 127 Å². The number of hydrogen-bond acceptors (Lipinski definition) is 7. The third-order valence-electron chi connectivity index (χ3n) is 3.12. The van der Waals surface area contributed by atoms with E-state index in [2.05, 4.69) is 20.0 Å². The zero-order chi connectivity index (χ0) is 17.7. The molecule has 2 rings (SSSR count). The predicted molar refractivity (Wildman–Crippen MR) is 88.3 cm³/mol. The van der Waals surface area contributed by atoms with Gasteiger partial charge in [-0.25, -0.2) is 18.1 Å². The Bertz CT molecular complexity index is 854. The van der Waals surface area contributed by atoms with Gasteiger partial charge < -0.3 is 5.32 Å². The largest absolute Gasteiger partial charge is 0.367 e. The number of nitro groups is 1. The molecule has 24 heavy (non-hydrogen) atoms. The molecule has 1 aromatic heterocycles. The van der Waals surface area contributed by atoms with Crippen LogP contribution in [0.4, 0.5) is 11.5 Å². The Kier molecular flexibility index (Phi) is 5.42. The van der Waals surface area contributed by atoms with E-state index >= 15 is 0 Å². The molecule has 0 aliphatic carbocycles. The third kappa shape index (κ3) is 4.46. The fraction of sp³-hybridized carbons (Fsp3) is 0.286. The second-order valence-electron chi connectivity index (χ2n) is 5.02. The SMILES string of the molecule is Cc1cnc(C)c(NCCNS(=O)(=O)c2cccc([N+](=O)[O-])c2)n1. The van der Waals surface area contributed by atoms with E-state index in [1.807, 2.05) is 6.92 Å². The number of rotatable bonds is 7. The molecule has 0 atom stereocenters. The minimum absolute atomic E-state index is 0.0973. The zero-order valence-corrected chi connectivity index (χ0v) is 14.0. The minimum Gasteiger partial charge on any atom is -0.367 e.